The summed E-state index contributed by atoms with van der Waals surface area (Å²) in [6, 6.07) is 1.74. The van der Waals surface area contributed by atoms with Gasteiger partial charge in [-0.1, -0.05) is 0 Å². The van der Waals surface area contributed by atoms with Crippen LogP contribution in [0, 0.1) is 6.92 Å². The second kappa shape index (κ2) is 6.11. The van der Waals surface area contributed by atoms with E-state index in [2.05, 4.69) is 15.9 Å². The molecule has 0 spiro atoms. The highest BCUT2D eigenvalue weighted by molar-refractivity contribution is 9.10. The van der Waals surface area contributed by atoms with Crippen LogP contribution in [-0.4, -0.2) is 18.8 Å². The number of phenols is 1. The van der Waals surface area contributed by atoms with E-state index in [1.807, 2.05) is 6.92 Å². The molecule has 3 nitrogen and oxygen atoms in total. The Hall–Kier alpha value is -0.740. The molecule has 1 aromatic rings. The number of phenolic OH excluding ortho intramolecular Hbond substituents is 1. The van der Waals surface area contributed by atoms with Crippen LogP contribution in [0.5, 0.6) is 11.5 Å². The minimum absolute atomic E-state index is 0.175. The first kappa shape index (κ1) is 13.3. The third-order valence-corrected chi connectivity index (χ3v) is 3.45. The first-order valence-corrected chi connectivity index (χ1v) is 6.16. The van der Waals surface area contributed by atoms with Gasteiger partial charge in [0.05, 0.1) is 11.6 Å². The van der Waals surface area contributed by atoms with Crippen LogP contribution >= 0.6 is 15.9 Å². The number of hydrogen-bond acceptors (Lipinski definition) is 3. The zero-order chi connectivity index (χ0) is 12.1. The molecule has 0 amide bonds. The number of aryl methyl sites for hydroxylation is 1. The fourth-order valence-electron chi connectivity index (χ4n) is 1.73. The average Bonchev–Trinajstić information content (AvgIpc) is 2.23. The number of hydrogen-bond donors (Lipinski definition) is 2. The molecule has 4 heteroatoms. The second-order valence-electron chi connectivity index (χ2n) is 3.78. The van der Waals surface area contributed by atoms with Gasteiger partial charge in [-0.25, -0.2) is 0 Å². The van der Waals surface area contributed by atoms with E-state index in [4.69, 9.17) is 10.5 Å². The lowest BCUT2D eigenvalue weighted by atomic mass is 10.0. The number of aromatic hydroxyl groups is 1. The number of halogens is 1. The summed E-state index contributed by atoms with van der Waals surface area (Å²) >= 11 is 3.48. The Morgan fingerprint density at radius 3 is 2.69 bits per heavy atom. The van der Waals surface area contributed by atoms with Gasteiger partial charge in [-0.3, -0.25) is 0 Å². The number of rotatable bonds is 5. The molecule has 0 fully saturated rings. The van der Waals surface area contributed by atoms with E-state index >= 15 is 0 Å². The fourth-order valence-corrected chi connectivity index (χ4v) is 2.60. The highest BCUT2D eigenvalue weighted by Crippen LogP contribution is 2.39. The first-order valence-electron chi connectivity index (χ1n) is 5.36. The third-order valence-electron chi connectivity index (χ3n) is 2.61. The van der Waals surface area contributed by atoms with Gasteiger partial charge < -0.3 is 15.6 Å². The summed E-state index contributed by atoms with van der Waals surface area (Å²) in [5.74, 6) is 0.683. The van der Waals surface area contributed by atoms with Crippen molar-refractivity contribution in [3.63, 3.8) is 0 Å². The van der Waals surface area contributed by atoms with Crippen molar-refractivity contribution >= 4 is 15.9 Å². The number of methoxy groups -OCH3 is 1. The van der Waals surface area contributed by atoms with E-state index in [0.29, 0.717) is 12.3 Å². The molecule has 0 atom stereocenters. The molecule has 0 bridgehead atoms. The Bertz CT molecular complexity index is 367. The van der Waals surface area contributed by atoms with E-state index < -0.39 is 0 Å². The molecule has 0 aliphatic heterocycles. The van der Waals surface area contributed by atoms with Gasteiger partial charge in [0.25, 0.3) is 0 Å². The molecular formula is C12H18BrNO2. The molecule has 1 rings (SSSR count). The molecular weight excluding hydrogens is 270 g/mol. The van der Waals surface area contributed by atoms with Gasteiger partial charge in [0, 0.05) is 0 Å². The van der Waals surface area contributed by atoms with Crippen LogP contribution in [0.15, 0.2) is 10.5 Å². The molecule has 0 saturated heterocycles. The van der Waals surface area contributed by atoms with Gasteiger partial charge in [-0.05, 0) is 65.9 Å². The van der Waals surface area contributed by atoms with Crippen LogP contribution in [-0.2, 0) is 6.42 Å². The van der Waals surface area contributed by atoms with E-state index in [9.17, 15) is 5.11 Å². The molecule has 0 saturated carbocycles. The van der Waals surface area contributed by atoms with Crippen molar-refractivity contribution in [1.29, 1.82) is 0 Å². The van der Waals surface area contributed by atoms with Gasteiger partial charge in [0.2, 0.25) is 0 Å². The zero-order valence-electron chi connectivity index (χ0n) is 9.72. The quantitative estimate of drug-likeness (QED) is 0.819. The van der Waals surface area contributed by atoms with Crippen LogP contribution in [0.3, 0.4) is 0 Å². The van der Waals surface area contributed by atoms with Gasteiger partial charge in [-0.2, -0.15) is 0 Å². The molecule has 0 heterocycles. The van der Waals surface area contributed by atoms with E-state index in [1.165, 1.54) is 5.56 Å². The molecule has 1 aromatic carbocycles. The normalized spacial score (nSPS) is 10.5. The molecule has 0 aromatic heterocycles. The Kier molecular flexibility index (Phi) is 5.09. The van der Waals surface area contributed by atoms with Crippen LogP contribution in [0.25, 0.3) is 0 Å². The van der Waals surface area contributed by atoms with Gasteiger partial charge in [0.1, 0.15) is 0 Å². The lowest BCUT2D eigenvalue weighted by molar-refractivity contribution is 0.370. The fraction of sp³-hybridized carbons (Fsp3) is 0.500. The van der Waals surface area contributed by atoms with Crippen molar-refractivity contribution in [3.05, 3.63) is 21.7 Å². The lowest BCUT2D eigenvalue weighted by Gasteiger charge is -2.13. The van der Waals surface area contributed by atoms with Gasteiger partial charge in [-0.15, -0.1) is 0 Å². The highest BCUT2D eigenvalue weighted by atomic mass is 79.9. The number of unbranched alkanes of at least 4 members (excludes halogenated alkanes) is 1. The summed E-state index contributed by atoms with van der Waals surface area (Å²) in [4.78, 5) is 0. The van der Waals surface area contributed by atoms with E-state index in [-0.39, 0.29) is 5.75 Å². The Labute approximate surface area is 105 Å². The third kappa shape index (κ3) is 2.89. The van der Waals surface area contributed by atoms with Crippen LogP contribution in [0.2, 0.25) is 0 Å². The molecule has 0 aliphatic rings. The van der Waals surface area contributed by atoms with Gasteiger partial charge >= 0.3 is 0 Å². The van der Waals surface area contributed by atoms with Crippen molar-refractivity contribution in [2.75, 3.05) is 13.7 Å². The Morgan fingerprint density at radius 1 is 1.44 bits per heavy atom. The van der Waals surface area contributed by atoms with Crippen molar-refractivity contribution in [2.45, 2.75) is 26.2 Å². The maximum Gasteiger partial charge on any atom is 0.174 e. The monoisotopic (exact) mass is 287 g/mol. The largest absolute Gasteiger partial charge is 0.504 e. The number of nitrogens with two attached hydrogens (primary N) is 1. The van der Waals surface area contributed by atoms with Crippen molar-refractivity contribution in [2.24, 2.45) is 5.73 Å². The molecule has 0 radical (unpaired) electrons. The predicted octanol–water partition coefficient (Wildman–Crippen LogP) is 2.75. The van der Waals surface area contributed by atoms with Crippen LogP contribution in [0.1, 0.15) is 24.0 Å². The van der Waals surface area contributed by atoms with Gasteiger partial charge in [0.15, 0.2) is 11.5 Å². The molecule has 16 heavy (non-hydrogen) atoms. The summed E-state index contributed by atoms with van der Waals surface area (Å²) < 4.78 is 6.01. The van der Waals surface area contributed by atoms with E-state index in [1.54, 1.807) is 13.2 Å². The van der Waals surface area contributed by atoms with Crippen molar-refractivity contribution in [3.8, 4) is 11.5 Å². The molecule has 90 valence electrons. The summed E-state index contributed by atoms with van der Waals surface area (Å²) in [5, 5.41) is 9.69. The summed E-state index contributed by atoms with van der Waals surface area (Å²) in [6.45, 7) is 2.70. The SMILES string of the molecule is COc1c(O)cc(C)c(CCCCN)c1Br. The standard InChI is InChI=1S/C12H18BrNO2/c1-8-7-10(15)12(16-2)11(13)9(8)5-3-4-6-14/h7,15H,3-6,14H2,1-2H3. The Balaban J connectivity index is 2.98. The smallest absolute Gasteiger partial charge is 0.174 e. The average molecular weight is 288 g/mol. The maximum atomic E-state index is 9.69. The number of ether oxygens (including phenoxy) is 1. The van der Waals surface area contributed by atoms with Crippen molar-refractivity contribution in [1.82, 2.24) is 0 Å². The predicted molar refractivity (Wildman–Crippen MR) is 69.1 cm³/mol. The highest BCUT2D eigenvalue weighted by Gasteiger charge is 2.14. The first-order chi connectivity index (χ1) is 7.61. The lowest BCUT2D eigenvalue weighted by Crippen LogP contribution is -2.01. The summed E-state index contributed by atoms with van der Waals surface area (Å²) in [6.07, 6.45) is 3.00. The van der Waals surface area contributed by atoms with Crippen molar-refractivity contribution < 1.29 is 9.84 Å². The molecule has 0 aliphatic carbocycles. The summed E-state index contributed by atoms with van der Waals surface area (Å²) in [5.41, 5.74) is 7.73. The maximum absolute atomic E-state index is 9.69. The van der Waals surface area contributed by atoms with Crippen LogP contribution in [0.4, 0.5) is 0 Å². The zero-order valence-corrected chi connectivity index (χ0v) is 11.3. The minimum atomic E-state index is 0.175. The minimum Gasteiger partial charge on any atom is -0.504 e. The topological polar surface area (TPSA) is 55.5 Å². The number of benzene rings is 1. The van der Waals surface area contributed by atoms with Crippen LogP contribution < -0.4 is 10.5 Å². The Morgan fingerprint density at radius 2 is 2.12 bits per heavy atom. The second-order valence-corrected chi connectivity index (χ2v) is 4.58. The molecule has 3 N–H and O–H groups in total. The van der Waals surface area contributed by atoms with E-state index in [0.717, 1.165) is 29.3 Å². The summed E-state index contributed by atoms with van der Waals surface area (Å²) in [7, 11) is 1.55. The molecule has 0 unspecified atom stereocenters.